The van der Waals surface area contributed by atoms with Gasteiger partial charge in [0.15, 0.2) is 0 Å². The molecule has 0 aromatic rings. The monoisotopic (exact) mass is 152 g/mol. The third-order valence-corrected chi connectivity index (χ3v) is 0. The van der Waals surface area contributed by atoms with E-state index < -0.39 is 0 Å². The maximum absolute atomic E-state index is 8.12. The minimum atomic E-state index is 0. The summed E-state index contributed by atoms with van der Waals surface area (Å²) < 4.78 is 0. The van der Waals surface area contributed by atoms with Crippen LogP contribution in [0.2, 0.25) is 0 Å². The van der Waals surface area contributed by atoms with Crippen LogP contribution in [0.25, 0.3) is 0 Å². The maximum atomic E-state index is 8.12. The van der Waals surface area contributed by atoms with Crippen LogP contribution in [0, 0.1) is 0 Å². The molecule has 0 heterocycles. The van der Waals surface area contributed by atoms with Crippen molar-refractivity contribution < 1.29 is 15.1 Å². The molecule has 28 valence electrons. The first-order valence-electron chi connectivity index (χ1n) is 0.408. The van der Waals surface area contributed by atoms with E-state index in [9.17, 15) is 0 Å². The molecule has 0 aliphatic carbocycles. The zero-order chi connectivity index (χ0) is 2.71. The van der Waals surface area contributed by atoms with Gasteiger partial charge >= 0.3 is 51.6 Å². The van der Waals surface area contributed by atoms with Crippen molar-refractivity contribution in [1.29, 1.82) is 0 Å². The fourth-order valence-electron chi connectivity index (χ4n) is 0. The first-order valence-corrected chi connectivity index (χ1v) is 0.408. The molecule has 0 spiro atoms. The molecule has 0 atom stereocenters. The van der Waals surface area contributed by atoms with Crippen molar-refractivity contribution >= 4 is 51.6 Å². The Morgan fingerprint density at radius 3 is 1.20 bits per heavy atom. The molecule has 0 aromatic heterocycles. The fraction of sp³-hybridized carbons (Fsp3) is 0. The normalized spacial score (nSPS) is 1.60. The molecule has 0 bridgehead atoms. The van der Waals surface area contributed by atoms with E-state index >= 15 is 0 Å². The van der Waals surface area contributed by atoms with Crippen molar-refractivity contribution in [1.82, 2.24) is 0 Å². The predicted octanol–water partition coefficient (Wildman–Crippen LogP) is -2.32. The molecular weight excluding hydrogens is 148 g/mol. The van der Waals surface area contributed by atoms with Gasteiger partial charge < -0.3 is 5.48 Å². The first-order chi connectivity index (χ1) is 1.41. The van der Waals surface area contributed by atoms with Gasteiger partial charge in [0.05, 0.1) is 0 Å². The minimum absolute atomic E-state index is 0. The molecule has 0 unspecified atom stereocenters. The van der Waals surface area contributed by atoms with Gasteiger partial charge in [-0.15, -0.1) is 0 Å². The van der Waals surface area contributed by atoms with Crippen molar-refractivity contribution in [2.75, 3.05) is 0 Å². The molecule has 0 aliphatic heterocycles. The van der Waals surface area contributed by atoms with Gasteiger partial charge in [-0.3, -0.25) is 0 Å². The average Bonchev–Trinajstić information content (AvgIpc) is 0.918. The van der Waals surface area contributed by atoms with Crippen LogP contribution in [0.3, 0.4) is 0 Å². The van der Waals surface area contributed by atoms with E-state index in [1.165, 1.54) is 0 Å². The van der Waals surface area contributed by atoms with Gasteiger partial charge in [-0.05, 0) is 0 Å². The second kappa shape index (κ2) is 21.2. The molecule has 2 N–H and O–H groups in total. The van der Waals surface area contributed by atoms with E-state index in [4.69, 9.17) is 9.59 Å². The summed E-state index contributed by atoms with van der Waals surface area (Å²) in [6, 6.07) is 0. The summed E-state index contributed by atoms with van der Waals surface area (Å²) >= 11 is 0. The van der Waals surface area contributed by atoms with Crippen molar-refractivity contribution in [3.05, 3.63) is 0 Å². The molecule has 0 amide bonds. The summed E-state index contributed by atoms with van der Waals surface area (Å²) in [7, 11) is 0. The third-order valence-electron chi connectivity index (χ3n) is 0. The Hall–Kier alpha value is 0.821. The van der Waals surface area contributed by atoms with Gasteiger partial charge in [0.1, 0.15) is 0 Å². The van der Waals surface area contributed by atoms with Gasteiger partial charge in [-0.2, -0.15) is 9.59 Å². The molecule has 3 nitrogen and oxygen atoms in total. The van der Waals surface area contributed by atoms with E-state index in [2.05, 4.69) is 0 Å². The molecular formula is CH4O3Sr. The molecule has 0 saturated carbocycles. The molecule has 4 heteroatoms. The van der Waals surface area contributed by atoms with Crippen molar-refractivity contribution in [2.24, 2.45) is 0 Å². The number of hydrogen-bond donors (Lipinski definition) is 0. The summed E-state index contributed by atoms with van der Waals surface area (Å²) in [5.41, 5.74) is 0. The van der Waals surface area contributed by atoms with Crippen LogP contribution in [-0.4, -0.2) is 57.1 Å². The third kappa shape index (κ3) is 57.0. The zero-order valence-corrected chi connectivity index (χ0v) is 1.82. The van der Waals surface area contributed by atoms with Crippen LogP contribution in [-0.2, 0) is 9.59 Å². The second-order valence-electron chi connectivity index (χ2n) is 0.0833. The molecule has 0 radical (unpaired) electrons. The summed E-state index contributed by atoms with van der Waals surface area (Å²) in [6.45, 7) is 0. The van der Waals surface area contributed by atoms with Crippen molar-refractivity contribution in [2.45, 2.75) is 0 Å². The quantitative estimate of drug-likeness (QED) is 0.365. The second-order valence-corrected chi connectivity index (χ2v) is 0.0833. The van der Waals surface area contributed by atoms with E-state index in [1.54, 1.807) is 0 Å². The Morgan fingerprint density at radius 2 is 1.20 bits per heavy atom. The molecule has 0 saturated heterocycles. The standard InChI is InChI=1S/CO2.H2O.Sr.2H/c2-1-3;;;;/h;1H2;;;. The summed E-state index contributed by atoms with van der Waals surface area (Å²) in [5, 5.41) is 0. The molecule has 0 aromatic carbocycles. The number of rotatable bonds is 0. The van der Waals surface area contributed by atoms with E-state index in [0.717, 1.165) is 0 Å². The Balaban J connectivity index is -0.0000000200. The Bertz CT molecular complexity index is 27.9. The van der Waals surface area contributed by atoms with Gasteiger partial charge in [0, 0.05) is 0 Å². The van der Waals surface area contributed by atoms with E-state index in [-0.39, 0.29) is 57.1 Å². The summed E-state index contributed by atoms with van der Waals surface area (Å²) in [6.07, 6.45) is 0.250. The van der Waals surface area contributed by atoms with E-state index in [1.807, 2.05) is 0 Å². The van der Waals surface area contributed by atoms with Crippen LogP contribution in [0.1, 0.15) is 0 Å². The van der Waals surface area contributed by atoms with Crippen LogP contribution in [0.4, 0.5) is 0 Å². The Morgan fingerprint density at radius 1 is 1.20 bits per heavy atom. The van der Waals surface area contributed by atoms with Gasteiger partial charge in [0.2, 0.25) is 0 Å². The molecule has 5 heavy (non-hydrogen) atoms. The molecule has 0 aliphatic rings. The molecule has 0 rings (SSSR count). The number of carbonyl (C=O) groups excluding carboxylic acids is 2. The van der Waals surface area contributed by atoms with Crippen LogP contribution < -0.4 is 0 Å². The average molecular weight is 152 g/mol. The summed E-state index contributed by atoms with van der Waals surface area (Å²) in [5.74, 6) is 0. The summed E-state index contributed by atoms with van der Waals surface area (Å²) in [4.78, 5) is 16.2. The van der Waals surface area contributed by atoms with E-state index in [0.29, 0.717) is 0 Å². The number of hydrogen-bond acceptors (Lipinski definition) is 2. The fourth-order valence-corrected chi connectivity index (χ4v) is 0. The topological polar surface area (TPSA) is 65.6 Å². The zero-order valence-electron chi connectivity index (χ0n) is 1.82. The Labute approximate surface area is 65.9 Å². The van der Waals surface area contributed by atoms with Gasteiger partial charge in [-0.1, -0.05) is 0 Å². The van der Waals surface area contributed by atoms with Crippen LogP contribution in [0.5, 0.6) is 0 Å². The molecule has 0 fully saturated rings. The van der Waals surface area contributed by atoms with Crippen molar-refractivity contribution in [3.8, 4) is 0 Å². The Kier molecular flexibility index (Phi) is 72.2. The van der Waals surface area contributed by atoms with Crippen LogP contribution >= 0.6 is 0 Å². The van der Waals surface area contributed by atoms with Gasteiger partial charge in [0.25, 0.3) is 0 Å². The predicted molar refractivity (Wildman–Crippen MR) is 17.2 cm³/mol. The van der Waals surface area contributed by atoms with Gasteiger partial charge in [-0.25, -0.2) is 0 Å². The SMILES string of the molecule is O.O=C=O.[SrH2]. The first kappa shape index (κ1) is 17.0. The van der Waals surface area contributed by atoms with Crippen molar-refractivity contribution in [3.63, 3.8) is 0 Å². The van der Waals surface area contributed by atoms with Crippen LogP contribution in [0.15, 0.2) is 0 Å².